The Morgan fingerprint density at radius 3 is 1.43 bits per heavy atom. The molecular weight excluding hydrogens is 414 g/mol. The maximum Gasteiger partial charge on any atom is 2.00 e. The van der Waals surface area contributed by atoms with Gasteiger partial charge in [0, 0.05) is 6.42 Å². The number of ether oxygens (including phenoxy) is 1. The number of carbonyl (C=O) groups excluding carboxylic acids is 1. The van der Waals surface area contributed by atoms with Gasteiger partial charge in [-0.15, -0.1) is 0 Å². The molecular formula is C6H10Ca3O10P2. The van der Waals surface area contributed by atoms with Gasteiger partial charge in [-0.2, -0.15) is 15.6 Å². The maximum absolute atomic E-state index is 10.5. The molecule has 0 amide bonds. The first-order chi connectivity index (χ1) is 7.89. The Morgan fingerprint density at radius 2 is 1.10 bits per heavy atom. The van der Waals surface area contributed by atoms with Crippen molar-refractivity contribution >= 4 is 135 Å². The van der Waals surface area contributed by atoms with Crippen molar-refractivity contribution in [1.29, 1.82) is 0 Å². The Bertz CT molecular complexity index is 282. The van der Waals surface area contributed by atoms with Crippen LogP contribution < -0.4 is 29.4 Å². The van der Waals surface area contributed by atoms with Gasteiger partial charge in [0.15, 0.2) is 0 Å². The van der Waals surface area contributed by atoms with Crippen molar-refractivity contribution < 1.29 is 48.0 Å². The number of hydrogen-bond donors (Lipinski definition) is 0. The zero-order chi connectivity index (χ0) is 14.8. The van der Waals surface area contributed by atoms with E-state index in [4.69, 9.17) is 43.2 Å². The molecule has 0 aliphatic carbocycles. The molecule has 0 bridgehead atoms. The minimum Gasteiger partial charge on any atom is -0.822 e. The fourth-order valence-electron chi connectivity index (χ4n) is 0.806. The molecule has 0 radical (unpaired) electrons. The van der Waals surface area contributed by atoms with Gasteiger partial charge >= 0.3 is 119 Å². The van der Waals surface area contributed by atoms with Gasteiger partial charge in [-0.1, -0.05) is 0 Å². The van der Waals surface area contributed by atoms with E-state index in [0.717, 1.165) is 19.3 Å². The Labute approximate surface area is 211 Å². The number of cyclic esters (lactones) is 1. The third kappa shape index (κ3) is 69.6. The van der Waals surface area contributed by atoms with Crippen molar-refractivity contribution in [3.8, 4) is 0 Å². The van der Waals surface area contributed by atoms with Crippen LogP contribution in [0.4, 0.5) is 0 Å². The Hall–Kier alpha value is 3.47. The second kappa shape index (κ2) is 19.8. The molecule has 1 fully saturated rings. The molecule has 0 aromatic carbocycles. The quantitative estimate of drug-likeness (QED) is 0.205. The summed E-state index contributed by atoms with van der Waals surface area (Å²) in [6.45, 7) is 0.638. The fourth-order valence-corrected chi connectivity index (χ4v) is 0.806. The summed E-state index contributed by atoms with van der Waals surface area (Å²) in [5.41, 5.74) is 0. The summed E-state index contributed by atoms with van der Waals surface area (Å²) in [5, 5.41) is 0. The number of rotatable bonds is 0. The zero-order valence-electron chi connectivity index (χ0n) is 11.1. The normalized spacial score (nSPS) is 13.9. The summed E-state index contributed by atoms with van der Waals surface area (Å²) in [7, 11) is -10.8. The van der Waals surface area contributed by atoms with Crippen LogP contribution in [0.15, 0.2) is 0 Å². The van der Waals surface area contributed by atoms with Gasteiger partial charge in [0.2, 0.25) is 0 Å². The van der Waals surface area contributed by atoms with Crippen molar-refractivity contribution in [2.75, 3.05) is 6.61 Å². The van der Waals surface area contributed by atoms with Crippen LogP contribution in [0.3, 0.4) is 0 Å². The Morgan fingerprint density at radius 1 is 0.762 bits per heavy atom. The van der Waals surface area contributed by atoms with Gasteiger partial charge in [0.25, 0.3) is 0 Å². The predicted molar refractivity (Wildman–Crippen MR) is 61.9 cm³/mol. The van der Waals surface area contributed by atoms with Gasteiger partial charge in [0.05, 0.1) is 6.61 Å². The average molecular weight is 424 g/mol. The number of esters is 1. The molecule has 15 heteroatoms. The first kappa shape index (κ1) is 35.6. The SMILES string of the molecule is O=C1CCCCCO1.O=P([O-])([O-])[O-].O=P([O-])([O-])[O-].[Ca+2].[Ca+2].[Ca+2]. The minimum absolute atomic E-state index is 0. The molecule has 0 N–H and O–H groups in total. The summed E-state index contributed by atoms with van der Waals surface area (Å²) in [4.78, 5) is 61.8. The molecule has 1 rings (SSSR count). The van der Waals surface area contributed by atoms with Crippen molar-refractivity contribution in [2.45, 2.75) is 25.7 Å². The van der Waals surface area contributed by atoms with Crippen LogP contribution >= 0.6 is 15.6 Å². The summed E-state index contributed by atoms with van der Waals surface area (Å²) in [6, 6.07) is 0. The first-order valence-corrected chi connectivity index (χ1v) is 7.43. The van der Waals surface area contributed by atoms with E-state index < -0.39 is 15.6 Å². The summed E-state index contributed by atoms with van der Waals surface area (Å²) in [6.07, 6.45) is 3.83. The Kier molecular flexibility index (Phi) is 33.5. The molecule has 1 heterocycles. The van der Waals surface area contributed by atoms with Crippen molar-refractivity contribution in [2.24, 2.45) is 0 Å². The zero-order valence-corrected chi connectivity index (χ0v) is 19.5. The van der Waals surface area contributed by atoms with Crippen LogP contribution in [0.5, 0.6) is 0 Å². The number of phosphoric acid groups is 2. The molecule has 1 saturated heterocycles. The van der Waals surface area contributed by atoms with E-state index in [1.807, 2.05) is 0 Å². The summed E-state index contributed by atoms with van der Waals surface area (Å²) < 4.78 is 21.9. The topological polar surface area (TPSA) is 199 Å². The van der Waals surface area contributed by atoms with Crippen LogP contribution in [0.1, 0.15) is 25.7 Å². The van der Waals surface area contributed by atoms with Gasteiger partial charge in [0.1, 0.15) is 0 Å². The van der Waals surface area contributed by atoms with Crippen LogP contribution in [-0.4, -0.2) is 126 Å². The second-order valence-electron chi connectivity index (χ2n) is 2.93. The molecule has 10 nitrogen and oxygen atoms in total. The standard InChI is InChI=1S/C6H10O2.3Ca.2H3O4P/c7-6-4-2-1-3-5-8-6;;;;2*1-5(2,3)4/h1-5H2;;;;2*(H3,1,2,3,4)/q;3*+2;;/p-6. The smallest absolute Gasteiger partial charge is 0.822 e. The largest absolute Gasteiger partial charge is 2.00 e. The van der Waals surface area contributed by atoms with E-state index in [0.29, 0.717) is 13.0 Å². The van der Waals surface area contributed by atoms with Crippen molar-refractivity contribution in [3.05, 3.63) is 0 Å². The molecule has 1 aliphatic heterocycles. The third-order valence-corrected chi connectivity index (χ3v) is 1.29. The fraction of sp³-hybridized carbons (Fsp3) is 0.833. The summed E-state index contributed by atoms with van der Waals surface area (Å²) >= 11 is 0. The van der Waals surface area contributed by atoms with E-state index >= 15 is 0 Å². The first-order valence-electron chi connectivity index (χ1n) is 4.51. The van der Waals surface area contributed by atoms with Crippen molar-refractivity contribution in [1.82, 2.24) is 0 Å². The molecule has 0 atom stereocenters. The third-order valence-electron chi connectivity index (χ3n) is 1.29. The van der Waals surface area contributed by atoms with Gasteiger partial charge in [-0.25, -0.2) is 0 Å². The van der Waals surface area contributed by atoms with E-state index in [1.165, 1.54) is 0 Å². The molecule has 110 valence electrons. The second-order valence-corrected chi connectivity index (χ2v) is 4.71. The predicted octanol–water partition coefficient (Wildman–Crippen LogP) is -5.69. The molecule has 21 heavy (non-hydrogen) atoms. The van der Waals surface area contributed by atoms with E-state index in [2.05, 4.69) is 0 Å². The summed E-state index contributed by atoms with van der Waals surface area (Å²) in [5.74, 6) is -0.0255. The van der Waals surface area contributed by atoms with E-state index in [1.54, 1.807) is 0 Å². The van der Waals surface area contributed by atoms with E-state index in [9.17, 15) is 4.79 Å². The maximum atomic E-state index is 10.5. The van der Waals surface area contributed by atoms with Crippen LogP contribution in [0, 0.1) is 0 Å². The Balaban J connectivity index is -0.0000000595. The van der Waals surface area contributed by atoms with Gasteiger partial charge < -0.3 is 43.2 Å². The molecule has 0 unspecified atom stereocenters. The molecule has 0 aromatic rings. The monoisotopic (exact) mass is 424 g/mol. The average Bonchev–Trinajstić information content (AvgIpc) is 2.25. The minimum atomic E-state index is -5.39. The number of hydrogen-bond acceptors (Lipinski definition) is 10. The van der Waals surface area contributed by atoms with Gasteiger partial charge in [-0.3, -0.25) is 4.79 Å². The molecule has 0 aromatic heterocycles. The molecule has 1 aliphatic rings. The van der Waals surface area contributed by atoms with Crippen LogP contribution in [-0.2, 0) is 18.7 Å². The van der Waals surface area contributed by atoms with Crippen LogP contribution in [0.2, 0.25) is 0 Å². The number of carbonyl (C=O) groups is 1. The molecule has 0 spiro atoms. The van der Waals surface area contributed by atoms with Gasteiger partial charge in [-0.05, 0) is 19.3 Å². The van der Waals surface area contributed by atoms with Crippen LogP contribution in [0.25, 0.3) is 0 Å². The van der Waals surface area contributed by atoms with Crippen molar-refractivity contribution in [3.63, 3.8) is 0 Å². The molecule has 0 saturated carbocycles. The van der Waals surface area contributed by atoms with E-state index in [-0.39, 0.29) is 119 Å².